The number of anilines is 2. The lowest BCUT2D eigenvalue weighted by Crippen LogP contribution is -2.14. The van der Waals surface area contributed by atoms with Crippen LogP contribution in [0.2, 0.25) is 0 Å². The van der Waals surface area contributed by atoms with Crippen molar-refractivity contribution in [2.24, 2.45) is 0 Å². The van der Waals surface area contributed by atoms with Crippen LogP contribution in [0, 0.1) is 6.92 Å². The number of aryl methyl sites for hydroxylation is 2. The van der Waals surface area contributed by atoms with Crippen LogP contribution in [0.1, 0.15) is 34.3 Å². The van der Waals surface area contributed by atoms with Gasteiger partial charge in [0.1, 0.15) is 4.88 Å². The third kappa shape index (κ3) is 3.08. The van der Waals surface area contributed by atoms with Crippen molar-refractivity contribution < 1.29 is 4.79 Å². The number of benzene rings is 1. The number of nitrogens with zero attached hydrogens (tertiary/aromatic N) is 2. The summed E-state index contributed by atoms with van der Waals surface area (Å²) in [5, 5.41) is 6.80. The topological polar surface area (TPSA) is 80.9 Å². The number of aromatic nitrogens is 2. The largest absolute Gasteiger partial charge is 0.397 e. The Morgan fingerprint density at radius 3 is 3.00 bits per heavy atom. The van der Waals surface area contributed by atoms with Crippen molar-refractivity contribution in [1.82, 2.24) is 9.59 Å². The Balaban J connectivity index is 2.21. The lowest BCUT2D eigenvalue weighted by Gasteiger charge is -2.08. The van der Waals surface area contributed by atoms with E-state index < -0.39 is 0 Å². The number of rotatable bonds is 4. The number of hydrogen-bond acceptors (Lipinski definition) is 5. The van der Waals surface area contributed by atoms with Gasteiger partial charge in [-0.25, -0.2) is 0 Å². The number of amides is 1. The zero-order chi connectivity index (χ0) is 13.8. The summed E-state index contributed by atoms with van der Waals surface area (Å²) in [5.74, 6) is -0.198. The van der Waals surface area contributed by atoms with Crippen LogP contribution in [-0.4, -0.2) is 15.5 Å². The Hall–Kier alpha value is -1.95. The molecule has 0 saturated carbocycles. The van der Waals surface area contributed by atoms with Gasteiger partial charge in [-0.1, -0.05) is 23.9 Å². The molecule has 2 aromatic rings. The van der Waals surface area contributed by atoms with Crippen molar-refractivity contribution in [3.8, 4) is 0 Å². The summed E-state index contributed by atoms with van der Waals surface area (Å²) in [6, 6.07) is 5.53. The maximum atomic E-state index is 12.2. The van der Waals surface area contributed by atoms with Crippen LogP contribution in [0.3, 0.4) is 0 Å². The van der Waals surface area contributed by atoms with Gasteiger partial charge in [0.05, 0.1) is 17.1 Å². The van der Waals surface area contributed by atoms with Crippen molar-refractivity contribution >= 4 is 28.8 Å². The molecule has 0 atom stereocenters. The van der Waals surface area contributed by atoms with Gasteiger partial charge in [0.15, 0.2) is 0 Å². The van der Waals surface area contributed by atoms with Gasteiger partial charge in [0, 0.05) is 0 Å². The Labute approximate surface area is 116 Å². The molecule has 0 fully saturated rings. The molecule has 5 nitrogen and oxygen atoms in total. The first-order chi connectivity index (χ1) is 9.11. The zero-order valence-corrected chi connectivity index (χ0v) is 11.8. The summed E-state index contributed by atoms with van der Waals surface area (Å²) >= 11 is 1.11. The van der Waals surface area contributed by atoms with E-state index in [1.807, 2.05) is 26.0 Å². The molecule has 2 rings (SSSR count). The molecule has 0 bridgehead atoms. The summed E-state index contributed by atoms with van der Waals surface area (Å²) in [5.41, 5.74) is 8.81. The van der Waals surface area contributed by atoms with Crippen LogP contribution in [0.4, 0.5) is 11.4 Å². The van der Waals surface area contributed by atoms with E-state index in [1.165, 1.54) is 0 Å². The minimum Gasteiger partial charge on any atom is -0.397 e. The highest BCUT2D eigenvalue weighted by Crippen LogP contribution is 2.22. The van der Waals surface area contributed by atoms with E-state index in [0.29, 0.717) is 16.3 Å². The predicted octanol–water partition coefficient (Wildman–Crippen LogP) is 2.63. The van der Waals surface area contributed by atoms with E-state index in [4.69, 9.17) is 5.73 Å². The standard InChI is InChI=1S/C13H16N4OS/c1-3-4-10-12(19-17-16-10)13(18)15-11-7-8(2)5-6-9(11)14/h5-7H,3-4,14H2,1-2H3,(H,15,18). The first-order valence-electron chi connectivity index (χ1n) is 6.10. The lowest BCUT2D eigenvalue weighted by molar-refractivity contribution is 0.102. The number of carbonyl (C=O) groups excluding carboxylic acids is 1. The van der Waals surface area contributed by atoms with Crippen molar-refractivity contribution in [1.29, 1.82) is 0 Å². The third-order valence-electron chi connectivity index (χ3n) is 2.71. The number of hydrogen-bond donors (Lipinski definition) is 2. The Morgan fingerprint density at radius 2 is 2.26 bits per heavy atom. The SMILES string of the molecule is CCCc1nnsc1C(=O)Nc1cc(C)ccc1N. The fourth-order valence-electron chi connectivity index (χ4n) is 1.74. The Morgan fingerprint density at radius 1 is 1.47 bits per heavy atom. The normalized spacial score (nSPS) is 10.4. The number of nitrogens with one attached hydrogen (secondary N) is 1. The van der Waals surface area contributed by atoms with Crippen molar-refractivity contribution in [3.05, 3.63) is 34.3 Å². The van der Waals surface area contributed by atoms with Gasteiger partial charge in [-0.2, -0.15) is 0 Å². The molecule has 1 heterocycles. The average molecular weight is 276 g/mol. The van der Waals surface area contributed by atoms with Crippen LogP contribution >= 0.6 is 11.5 Å². The number of carbonyl (C=O) groups is 1. The fraction of sp³-hybridized carbons (Fsp3) is 0.308. The molecule has 0 aliphatic rings. The van der Waals surface area contributed by atoms with Crippen molar-refractivity contribution in [2.75, 3.05) is 11.1 Å². The second-order valence-corrected chi connectivity index (χ2v) is 5.10. The smallest absolute Gasteiger partial charge is 0.269 e. The highest BCUT2D eigenvalue weighted by atomic mass is 32.1. The number of nitrogens with two attached hydrogens (primary N) is 1. The molecule has 0 saturated heterocycles. The molecular weight excluding hydrogens is 260 g/mol. The third-order valence-corrected chi connectivity index (χ3v) is 3.47. The van der Waals surface area contributed by atoms with Crippen molar-refractivity contribution in [3.63, 3.8) is 0 Å². The number of nitrogen functional groups attached to an aromatic ring is 1. The van der Waals surface area contributed by atoms with E-state index in [9.17, 15) is 4.79 Å². The molecule has 0 unspecified atom stereocenters. The second kappa shape index (κ2) is 5.79. The van der Waals surface area contributed by atoms with E-state index in [1.54, 1.807) is 6.07 Å². The maximum absolute atomic E-state index is 12.2. The average Bonchev–Trinajstić information content (AvgIpc) is 2.82. The summed E-state index contributed by atoms with van der Waals surface area (Å²) in [6.45, 7) is 3.99. The van der Waals surface area contributed by atoms with Crippen LogP contribution in [0.15, 0.2) is 18.2 Å². The second-order valence-electron chi connectivity index (χ2n) is 4.34. The van der Waals surface area contributed by atoms with Crippen LogP contribution in [0.25, 0.3) is 0 Å². The summed E-state index contributed by atoms with van der Waals surface area (Å²) in [6.07, 6.45) is 1.68. The molecule has 1 amide bonds. The predicted molar refractivity (Wildman–Crippen MR) is 77.4 cm³/mol. The van der Waals surface area contributed by atoms with Crippen LogP contribution in [0.5, 0.6) is 0 Å². The van der Waals surface area contributed by atoms with Gasteiger partial charge in [-0.3, -0.25) is 4.79 Å². The molecule has 1 aromatic carbocycles. The zero-order valence-electron chi connectivity index (χ0n) is 10.9. The summed E-state index contributed by atoms with van der Waals surface area (Å²) in [4.78, 5) is 12.8. The molecule has 6 heteroatoms. The van der Waals surface area contributed by atoms with E-state index >= 15 is 0 Å². The van der Waals surface area contributed by atoms with Gasteiger partial charge in [0.25, 0.3) is 5.91 Å². The van der Waals surface area contributed by atoms with Gasteiger partial charge >= 0.3 is 0 Å². The molecule has 100 valence electrons. The fourth-order valence-corrected chi connectivity index (χ4v) is 2.34. The molecular formula is C13H16N4OS. The first kappa shape index (κ1) is 13.5. The highest BCUT2D eigenvalue weighted by Gasteiger charge is 2.16. The van der Waals surface area contributed by atoms with Gasteiger partial charge in [0.2, 0.25) is 0 Å². The Kier molecular flexibility index (Phi) is 4.11. The minimum atomic E-state index is -0.198. The highest BCUT2D eigenvalue weighted by molar-refractivity contribution is 7.08. The maximum Gasteiger partial charge on any atom is 0.269 e. The monoisotopic (exact) mass is 276 g/mol. The van der Waals surface area contributed by atoms with Crippen LogP contribution < -0.4 is 11.1 Å². The van der Waals surface area contributed by atoms with Gasteiger partial charge in [-0.05, 0) is 42.6 Å². The van der Waals surface area contributed by atoms with E-state index in [0.717, 1.165) is 35.6 Å². The lowest BCUT2D eigenvalue weighted by atomic mass is 10.2. The molecule has 1 aromatic heterocycles. The molecule has 0 spiro atoms. The molecule has 0 aliphatic carbocycles. The van der Waals surface area contributed by atoms with E-state index in [2.05, 4.69) is 14.9 Å². The first-order valence-corrected chi connectivity index (χ1v) is 6.88. The minimum absolute atomic E-state index is 0.198. The van der Waals surface area contributed by atoms with Crippen molar-refractivity contribution in [2.45, 2.75) is 26.7 Å². The summed E-state index contributed by atoms with van der Waals surface area (Å²) in [7, 11) is 0. The summed E-state index contributed by atoms with van der Waals surface area (Å²) < 4.78 is 3.84. The molecule has 0 radical (unpaired) electrons. The van der Waals surface area contributed by atoms with Gasteiger partial charge in [-0.15, -0.1) is 5.10 Å². The molecule has 0 aliphatic heterocycles. The quantitative estimate of drug-likeness (QED) is 0.841. The van der Waals surface area contributed by atoms with Gasteiger partial charge < -0.3 is 11.1 Å². The Bertz CT molecular complexity index is 594. The molecule has 19 heavy (non-hydrogen) atoms. The van der Waals surface area contributed by atoms with E-state index in [-0.39, 0.29) is 5.91 Å². The van der Waals surface area contributed by atoms with Crippen LogP contribution in [-0.2, 0) is 6.42 Å². The molecule has 3 N–H and O–H groups in total.